The van der Waals surface area contributed by atoms with E-state index in [0.29, 0.717) is 59.3 Å². The highest BCUT2D eigenvalue weighted by Crippen LogP contribution is 2.41. The molecule has 0 saturated carbocycles. The zero-order chi connectivity index (χ0) is 81.3. The highest BCUT2D eigenvalue weighted by atomic mass is 16.6. The van der Waals surface area contributed by atoms with E-state index in [-0.39, 0.29) is 53.4 Å². The summed E-state index contributed by atoms with van der Waals surface area (Å²) in [4.78, 5) is 127. The van der Waals surface area contributed by atoms with E-state index < -0.39 is 63.8 Å². The molecular formula is C78H112N16O17. The van der Waals surface area contributed by atoms with Gasteiger partial charge in [0, 0.05) is 139 Å². The number of methoxy groups -OCH3 is 4. The van der Waals surface area contributed by atoms with Gasteiger partial charge in [-0.3, -0.25) is 19.9 Å². The number of amides is 8. The molecular weight excluding hydrogens is 1430 g/mol. The SMILES string of the molecule is C.CC1CCCO1.CCN1CCN(c2ccc(N(C(=O)OC(C)(C)C)c3cc(N(C)C(=O)N(C(=O)OC(C)(C)C)c4cc(OC)cc(OC)c4)ncn3)c(N)c2)CC1.CCN1CCN(c2ccc(N(C(=O)OC(C)(C)C)c3cc(N(C)C(=O)N(C(=O)OC(C)(C)C)c4cc(OC)cc(OC)c4)ncn3)c([N+](=O)[O-])c2)CC1. The van der Waals surface area contributed by atoms with E-state index in [1.165, 1.54) is 115 Å². The number of anilines is 11. The van der Waals surface area contributed by atoms with Gasteiger partial charge >= 0.3 is 36.4 Å². The number of rotatable bonds is 17. The zero-order valence-electron chi connectivity index (χ0n) is 67.2. The van der Waals surface area contributed by atoms with Crippen LogP contribution in [0.1, 0.15) is 124 Å². The third-order valence-corrected chi connectivity index (χ3v) is 17.0. The number of likely N-dealkylation sites (N-methyl/N-ethyl adjacent to an activating group) is 2. The van der Waals surface area contributed by atoms with Crippen LogP contribution in [0.15, 0.2) is 97.6 Å². The van der Waals surface area contributed by atoms with Crippen LogP contribution in [0.2, 0.25) is 0 Å². The molecule has 1 atom stereocenters. The molecule has 606 valence electrons. The second kappa shape index (κ2) is 38.5. The fourth-order valence-corrected chi connectivity index (χ4v) is 11.4. The maximum Gasteiger partial charge on any atom is 0.423 e. The van der Waals surface area contributed by atoms with Gasteiger partial charge in [-0.05, 0) is 146 Å². The number of urea groups is 2. The Balaban J connectivity index is 0.000000319. The van der Waals surface area contributed by atoms with Crippen molar-refractivity contribution in [3.05, 3.63) is 108 Å². The Labute approximate surface area is 651 Å². The number of carbonyl (C=O) groups excluding carboxylic acids is 6. The normalized spacial score (nSPS) is 14.6. The predicted octanol–water partition coefficient (Wildman–Crippen LogP) is 14.7. The van der Waals surface area contributed by atoms with Crippen molar-refractivity contribution in [2.75, 3.05) is 160 Å². The number of hydrogen-bond acceptors (Lipinski definition) is 26. The van der Waals surface area contributed by atoms with E-state index in [9.17, 15) is 38.9 Å². The van der Waals surface area contributed by atoms with Crippen molar-refractivity contribution in [2.24, 2.45) is 0 Å². The number of nitro groups is 1. The van der Waals surface area contributed by atoms with Crippen molar-refractivity contribution in [2.45, 2.75) is 153 Å². The number of nitro benzene ring substituents is 1. The summed E-state index contributed by atoms with van der Waals surface area (Å²) in [5.74, 6) is 1.24. The minimum Gasteiger partial charge on any atom is -0.497 e. The second-order valence-electron chi connectivity index (χ2n) is 29.9. The summed E-state index contributed by atoms with van der Waals surface area (Å²) in [6.07, 6.45) is 1.73. The van der Waals surface area contributed by atoms with E-state index in [4.69, 9.17) is 48.4 Å². The number of nitrogens with two attached hydrogens (primary N) is 1. The summed E-state index contributed by atoms with van der Waals surface area (Å²) in [7, 11) is 8.55. The van der Waals surface area contributed by atoms with E-state index in [1.807, 2.05) is 12.1 Å². The molecule has 3 aliphatic rings. The maximum atomic E-state index is 14.2. The summed E-state index contributed by atoms with van der Waals surface area (Å²) in [6, 6.07) is 20.2. The Morgan fingerprint density at radius 3 is 1.15 bits per heavy atom. The molecule has 8 amide bonds. The van der Waals surface area contributed by atoms with Crippen molar-refractivity contribution in [1.82, 2.24) is 29.7 Å². The quantitative estimate of drug-likeness (QED) is 0.0383. The van der Waals surface area contributed by atoms with Gasteiger partial charge in [0.15, 0.2) is 0 Å². The highest BCUT2D eigenvalue weighted by Gasteiger charge is 2.38. The first kappa shape index (κ1) is 88.8. The average Bonchev–Trinajstić information content (AvgIpc) is 1.39. The van der Waals surface area contributed by atoms with Crippen molar-refractivity contribution < 1.29 is 76.3 Å². The van der Waals surface area contributed by atoms with Crippen LogP contribution in [-0.2, 0) is 23.7 Å². The van der Waals surface area contributed by atoms with Gasteiger partial charge in [0.05, 0.1) is 62.2 Å². The van der Waals surface area contributed by atoms with Crippen LogP contribution in [0.4, 0.5) is 97.5 Å². The molecule has 33 heteroatoms. The first-order valence-corrected chi connectivity index (χ1v) is 36.2. The fraction of sp³-hybridized carbons (Fsp3) is 0.513. The third kappa shape index (κ3) is 24.7. The Morgan fingerprint density at radius 2 is 0.847 bits per heavy atom. The van der Waals surface area contributed by atoms with Gasteiger partial charge in [0.25, 0.3) is 5.69 Å². The van der Waals surface area contributed by atoms with E-state index in [1.54, 1.807) is 107 Å². The second-order valence-corrected chi connectivity index (χ2v) is 29.9. The molecule has 2 aromatic heterocycles. The molecule has 0 aliphatic carbocycles. The topological polar surface area (TPSA) is 339 Å². The lowest BCUT2D eigenvalue weighted by Crippen LogP contribution is -2.47. The van der Waals surface area contributed by atoms with Crippen molar-refractivity contribution in [3.8, 4) is 23.0 Å². The van der Waals surface area contributed by atoms with Crippen molar-refractivity contribution in [1.29, 1.82) is 0 Å². The molecule has 3 aliphatic heterocycles. The number of nitrogens with zero attached hydrogens (tertiary/aromatic N) is 15. The number of ether oxygens (including phenoxy) is 9. The van der Waals surface area contributed by atoms with Crippen LogP contribution in [0.5, 0.6) is 23.0 Å². The van der Waals surface area contributed by atoms with Crippen LogP contribution in [0, 0.1) is 10.1 Å². The molecule has 0 bridgehead atoms. The molecule has 1 unspecified atom stereocenters. The molecule has 9 rings (SSSR count). The number of aromatic nitrogens is 4. The number of imide groups is 2. The van der Waals surface area contributed by atoms with Gasteiger partial charge < -0.3 is 68.0 Å². The Hall–Kier alpha value is -11.1. The van der Waals surface area contributed by atoms with Crippen LogP contribution in [0.3, 0.4) is 0 Å². The summed E-state index contributed by atoms with van der Waals surface area (Å²) >= 11 is 0. The van der Waals surface area contributed by atoms with Gasteiger partial charge in [0.2, 0.25) is 0 Å². The lowest BCUT2D eigenvalue weighted by atomic mass is 10.1. The first-order valence-electron chi connectivity index (χ1n) is 36.2. The van der Waals surface area contributed by atoms with Crippen LogP contribution in [-0.4, -0.2) is 214 Å². The number of piperazine rings is 2. The lowest BCUT2D eigenvalue weighted by Gasteiger charge is -2.36. The lowest BCUT2D eigenvalue weighted by molar-refractivity contribution is -0.384. The molecule has 2 N–H and O–H groups in total. The van der Waals surface area contributed by atoms with Crippen molar-refractivity contribution in [3.63, 3.8) is 0 Å². The predicted molar refractivity (Wildman–Crippen MR) is 429 cm³/mol. The van der Waals surface area contributed by atoms with Gasteiger partial charge in [-0.2, -0.15) is 9.80 Å². The molecule has 3 fully saturated rings. The molecule has 33 nitrogen and oxygen atoms in total. The average molecular weight is 1550 g/mol. The summed E-state index contributed by atoms with van der Waals surface area (Å²) in [6.45, 7) is 36.1. The Bertz CT molecular complexity index is 4130. The Kier molecular flexibility index (Phi) is 30.8. The molecule has 0 radical (unpaired) electrons. The van der Waals surface area contributed by atoms with Gasteiger partial charge in [-0.1, -0.05) is 21.3 Å². The minimum atomic E-state index is -0.999. The van der Waals surface area contributed by atoms with Crippen molar-refractivity contribution >= 4 is 105 Å². The molecule has 111 heavy (non-hydrogen) atoms. The van der Waals surface area contributed by atoms with Crippen LogP contribution < -0.4 is 63.9 Å². The molecule has 5 heterocycles. The number of hydrogen-bond donors (Lipinski definition) is 1. The van der Waals surface area contributed by atoms with Crippen LogP contribution >= 0.6 is 0 Å². The third-order valence-electron chi connectivity index (χ3n) is 17.0. The largest absolute Gasteiger partial charge is 0.497 e. The molecule has 3 saturated heterocycles. The molecule has 0 spiro atoms. The maximum absolute atomic E-state index is 14.2. The standard InChI is InChI=1S/C36H48N8O9.C36H50N8O7.C5H10O.CH4/c1-11-40-14-16-41(17-15-40)24-12-13-28(29(20-24)44(48)49)43(34(47)53-36(5,6)7)31-22-30(37-23-38-31)39(8)32(45)42(33(46)52-35(2,3)4)25-18-26(50-9)21-27(19-25)51-10;1-11-41-14-16-42(17-15-41)24-12-13-29(28(37)20-24)44(34(47)51-36(5,6)7)31-22-30(38-23-39-31)40(8)32(45)43(33(46)50-35(2,3)4)25-18-26(48-9)21-27(19-25)49-10;1-5-3-2-4-6-5;/h12-13,18-23H,11,14-17H2,1-10H3;12-13,18-23H,11,14-17,37H2,1-10H3;5H,2-4H2,1H3;1H4. The number of nitrogen functional groups attached to an aromatic ring is 1. The molecule has 6 aromatic rings. The van der Waals surface area contributed by atoms with E-state index in [0.717, 1.165) is 95.5 Å². The monoisotopic (exact) mass is 1540 g/mol. The van der Waals surface area contributed by atoms with E-state index in [2.05, 4.69) is 60.3 Å². The van der Waals surface area contributed by atoms with Crippen LogP contribution in [0.25, 0.3) is 0 Å². The number of carbonyl (C=O) groups is 6. The summed E-state index contributed by atoms with van der Waals surface area (Å²) < 4.78 is 49.3. The number of benzene rings is 4. The first-order chi connectivity index (χ1) is 51.7. The highest BCUT2D eigenvalue weighted by molar-refractivity contribution is 6.18. The Morgan fingerprint density at radius 1 is 0.505 bits per heavy atom. The molecule has 4 aromatic carbocycles. The van der Waals surface area contributed by atoms with Gasteiger partial charge in [-0.15, -0.1) is 0 Å². The smallest absolute Gasteiger partial charge is 0.423 e. The van der Waals surface area contributed by atoms with Gasteiger partial charge in [-0.25, -0.2) is 58.5 Å². The van der Waals surface area contributed by atoms with Gasteiger partial charge in [0.1, 0.15) is 87.0 Å². The zero-order valence-corrected chi connectivity index (χ0v) is 67.2. The summed E-state index contributed by atoms with van der Waals surface area (Å²) in [5, 5.41) is 12.6. The minimum absolute atomic E-state index is 0. The van der Waals surface area contributed by atoms with E-state index >= 15 is 0 Å². The fourth-order valence-electron chi connectivity index (χ4n) is 11.4. The summed E-state index contributed by atoms with van der Waals surface area (Å²) in [5.41, 5.74) is 4.84.